The number of amides is 1. The molecule has 1 unspecified atom stereocenters. The van der Waals surface area contributed by atoms with Crippen molar-refractivity contribution in [2.75, 3.05) is 19.6 Å². The SMILES string of the molecule is Cc1nn(CCCNC(=O)c2cc(CC3CCNC3)ccc2F)c(C)c1C.Cl. The van der Waals surface area contributed by atoms with Gasteiger partial charge in [-0.15, -0.1) is 12.4 Å². The summed E-state index contributed by atoms with van der Waals surface area (Å²) in [6, 6.07) is 4.90. The third-order valence-electron chi connectivity index (χ3n) is 5.54. The molecule has 2 heterocycles. The quantitative estimate of drug-likeness (QED) is 0.691. The smallest absolute Gasteiger partial charge is 0.254 e. The molecule has 1 aliphatic heterocycles. The lowest BCUT2D eigenvalue weighted by atomic mass is 9.97. The van der Waals surface area contributed by atoms with E-state index in [0.29, 0.717) is 12.5 Å². The van der Waals surface area contributed by atoms with Crippen LogP contribution in [-0.2, 0) is 13.0 Å². The molecule has 1 fully saturated rings. The first-order valence-corrected chi connectivity index (χ1v) is 9.73. The molecule has 154 valence electrons. The molecule has 5 nitrogen and oxygen atoms in total. The number of aromatic nitrogens is 2. The highest BCUT2D eigenvalue weighted by atomic mass is 35.5. The monoisotopic (exact) mass is 408 g/mol. The highest BCUT2D eigenvalue weighted by Gasteiger charge is 2.17. The minimum atomic E-state index is -0.463. The molecule has 2 aromatic rings. The summed E-state index contributed by atoms with van der Waals surface area (Å²) in [7, 11) is 0. The van der Waals surface area contributed by atoms with Crippen molar-refractivity contribution in [3.63, 3.8) is 0 Å². The number of hydrogen-bond acceptors (Lipinski definition) is 3. The van der Waals surface area contributed by atoms with Crippen molar-refractivity contribution in [3.8, 4) is 0 Å². The lowest BCUT2D eigenvalue weighted by Crippen LogP contribution is -2.26. The molecule has 1 amide bonds. The highest BCUT2D eigenvalue weighted by Crippen LogP contribution is 2.18. The Kier molecular flexibility index (Phi) is 8.01. The van der Waals surface area contributed by atoms with Gasteiger partial charge in [-0.25, -0.2) is 4.39 Å². The summed E-state index contributed by atoms with van der Waals surface area (Å²) in [5.74, 6) is -0.242. The van der Waals surface area contributed by atoms with Gasteiger partial charge in [0.25, 0.3) is 5.91 Å². The van der Waals surface area contributed by atoms with Crippen LogP contribution in [0.5, 0.6) is 0 Å². The van der Waals surface area contributed by atoms with Crippen molar-refractivity contribution in [2.45, 2.75) is 46.6 Å². The Morgan fingerprint density at radius 1 is 1.36 bits per heavy atom. The average molecular weight is 409 g/mol. The molecule has 7 heteroatoms. The summed E-state index contributed by atoms with van der Waals surface area (Å²) < 4.78 is 16.1. The molecule has 1 aliphatic rings. The fourth-order valence-corrected chi connectivity index (χ4v) is 3.63. The number of carbonyl (C=O) groups is 1. The lowest BCUT2D eigenvalue weighted by molar-refractivity contribution is 0.0948. The molecule has 1 saturated heterocycles. The second kappa shape index (κ2) is 10.0. The van der Waals surface area contributed by atoms with Crippen LogP contribution in [-0.4, -0.2) is 35.3 Å². The lowest BCUT2D eigenvalue weighted by Gasteiger charge is -2.11. The second-order valence-corrected chi connectivity index (χ2v) is 7.51. The third-order valence-corrected chi connectivity index (χ3v) is 5.54. The van der Waals surface area contributed by atoms with E-state index in [1.807, 2.05) is 11.6 Å². The van der Waals surface area contributed by atoms with E-state index < -0.39 is 5.82 Å². The predicted octanol–water partition coefficient (Wildman–Crippen LogP) is 3.34. The molecule has 0 bridgehead atoms. The molecule has 1 aromatic carbocycles. The topological polar surface area (TPSA) is 59.0 Å². The summed E-state index contributed by atoms with van der Waals surface area (Å²) in [6.45, 7) is 9.36. The van der Waals surface area contributed by atoms with Gasteiger partial charge in [0.15, 0.2) is 0 Å². The maximum Gasteiger partial charge on any atom is 0.254 e. The van der Waals surface area contributed by atoms with E-state index in [9.17, 15) is 9.18 Å². The third kappa shape index (κ3) is 5.32. The van der Waals surface area contributed by atoms with Gasteiger partial charge >= 0.3 is 0 Å². The van der Waals surface area contributed by atoms with Gasteiger partial charge in [0.05, 0.1) is 11.3 Å². The van der Waals surface area contributed by atoms with Gasteiger partial charge in [0.2, 0.25) is 0 Å². The zero-order chi connectivity index (χ0) is 19.4. The van der Waals surface area contributed by atoms with Gasteiger partial charge < -0.3 is 10.6 Å². The molecular formula is C21H30ClFN4O. The number of aryl methyl sites for hydroxylation is 2. The van der Waals surface area contributed by atoms with Crippen LogP contribution in [0.1, 0.15) is 45.7 Å². The zero-order valence-corrected chi connectivity index (χ0v) is 17.7. The number of halogens is 2. The van der Waals surface area contributed by atoms with Gasteiger partial charge in [-0.05, 0) is 82.3 Å². The van der Waals surface area contributed by atoms with Crippen LogP contribution in [0.25, 0.3) is 0 Å². The Labute approximate surface area is 172 Å². The minimum absolute atomic E-state index is 0. The number of hydrogen-bond donors (Lipinski definition) is 2. The van der Waals surface area contributed by atoms with E-state index in [1.54, 1.807) is 12.1 Å². The molecule has 0 radical (unpaired) electrons. The zero-order valence-electron chi connectivity index (χ0n) is 16.8. The molecular weight excluding hydrogens is 379 g/mol. The Morgan fingerprint density at radius 3 is 2.79 bits per heavy atom. The van der Waals surface area contributed by atoms with Crippen LogP contribution in [0.15, 0.2) is 18.2 Å². The normalized spacial score (nSPS) is 16.1. The van der Waals surface area contributed by atoms with Crippen LogP contribution in [0.2, 0.25) is 0 Å². The van der Waals surface area contributed by atoms with E-state index in [4.69, 9.17) is 0 Å². The first-order chi connectivity index (χ1) is 13.0. The van der Waals surface area contributed by atoms with Crippen molar-refractivity contribution in [3.05, 3.63) is 52.1 Å². The van der Waals surface area contributed by atoms with Gasteiger partial charge in [0, 0.05) is 18.8 Å². The summed E-state index contributed by atoms with van der Waals surface area (Å²) in [5, 5.41) is 10.7. The predicted molar refractivity (Wildman–Crippen MR) is 112 cm³/mol. The standard InChI is InChI=1S/C21H29FN4O.ClH/c1-14-15(2)25-26(16(14)3)10-4-8-24-21(27)19-12-17(5-6-20(19)22)11-18-7-9-23-13-18;/h5-6,12,18,23H,4,7-11,13H2,1-3H3,(H,24,27);1H. The number of rotatable bonds is 7. The van der Waals surface area contributed by atoms with Crippen molar-refractivity contribution >= 4 is 18.3 Å². The van der Waals surface area contributed by atoms with Gasteiger partial charge in [-0.2, -0.15) is 5.10 Å². The molecule has 0 saturated carbocycles. The first-order valence-electron chi connectivity index (χ1n) is 9.73. The summed E-state index contributed by atoms with van der Waals surface area (Å²) in [4.78, 5) is 12.4. The van der Waals surface area contributed by atoms with Crippen molar-refractivity contribution < 1.29 is 9.18 Å². The maximum atomic E-state index is 14.1. The number of nitrogens with zero attached hydrogens (tertiary/aromatic N) is 2. The molecule has 28 heavy (non-hydrogen) atoms. The van der Waals surface area contributed by atoms with Crippen LogP contribution in [0.3, 0.4) is 0 Å². The molecule has 2 N–H and O–H groups in total. The van der Waals surface area contributed by atoms with Crippen LogP contribution in [0, 0.1) is 32.5 Å². The van der Waals surface area contributed by atoms with E-state index >= 15 is 0 Å². The van der Waals surface area contributed by atoms with Gasteiger partial charge in [-0.3, -0.25) is 9.48 Å². The molecule has 1 atom stereocenters. The summed E-state index contributed by atoms with van der Waals surface area (Å²) in [5.41, 5.74) is 4.55. The van der Waals surface area contributed by atoms with Crippen molar-refractivity contribution in [1.82, 2.24) is 20.4 Å². The summed E-state index contributed by atoms with van der Waals surface area (Å²) >= 11 is 0. The Bertz CT molecular complexity index is 815. The van der Waals surface area contributed by atoms with E-state index in [0.717, 1.165) is 55.8 Å². The van der Waals surface area contributed by atoms with E-state index in [1.165, 1.54) is 11.6 Å². The number of benzene rings is 1. The molecule has 1 aromatic heterocycles. The molecule has 0 aliphatic carbocycles. The molecule has 0 spiro atoms. The van der Waals surface area contributed by atoms with Crippen LogP contribution >= 0.6 is 12.4 Å². The second-order valence-electron chi connectivity index (χ2n) is 7.51. The maximum absolute atomic E-state index is 14.1. The van der Waals surface area contributed by atoms with Crippen LogP contribution < -0.4 is 10.6 Å². The fourth-order valence-electron chi connectivity index (χ4n) is 3.63. The fraction of sp³-hybridized carbons (Fsp3) is 0.524. The average Bonchev–Trinajstić information content (AvgIpc) is 3.24. The minimum Gasteiger partial charge on any atom is -0.352 e. The Morgan fingerprint density at radius 2 is 2.14 bits per heavy atom. The Hall–Kier alpha value is -1.92. The highest BCUT2D eigenvalue weighted by molar-refractivity contribution is 5.94. The summed E-state index contributed by atoms with van der Waals surface area (Å²) in [6.07, 6.45) is 2.76. The van der Waals surface area contributed by atoms with E-state index in [-0.39, 0.29) is 23.9 Å². The number of nitrogens with one attached hydrogen (secondary N) is 2. The van der Waals surface area contributed by atoms with Crippen molar-refractivity contribution in [2.24, 2.45) is 5.92 Å². The van der Waals surface area contributed by atoms with E-state index in [2.05, 4.69) is 29.6 Å². The van der Waals surface area contributed by atoms with Gasteiger partial charge in [0.1, 0.15) is 5.82 Å². The number of carbonyl (C=O) groups excluding carboxylic acids is 1. The van der Waals surface area contributed by atoms with Crippen LogP contribution in [0.4, 0.5) is 4.39 Å². The Balaban J connectivity index is 0.00000280. The van der Waals surface area contributed by atoms with Gasteiger partial charge in [-0.1, -0.05) is 6.07 Å². The van der Waals surface area contributed by atoms with Crippen molar-refractivity contribution in [1.29, 1.82) is 0 Å². The first kappa shape index (κ1) is 22.4. The largest absolute Gasteiger partial charge is 0.352 e. The molecule has 3 rings (SSSR count).